The van der Waals surface area contributed by atoms with Gasteiger partial charge in [-0.2, -0.15) is 0 Å². The fourth-order valence-corrected chi connectivity index (χ4v) is 2.73. The summed E-state index contributed by atoms with van der Waals surface area (Å²) >= 11 is 7.39. The summed E-state index contributed by atoms with van der Waals surface area (Å²) < 4.78 is 10.00. The standard InChI is InChI=1S/C16H20ClNO4S/c1-4-21-15(19)13(16(20)22-5-2)14(23-6-3)18-12-10-8-7-9-11(12)17/h7-10,13H,4-6H2,1-3H3/b18-14-. The average molecular weight is 358 g/mol. The summed E-state index contributed by atoms with van der Waals surface area (Å²) in [6, 6.07) is 6.97. The Morgan fingerprint density at radius 3 is 2.17 bits per heavy atom. The van der Waals surface area contributed by atoms with Crippen molar-refractivity contribution in [2.75, 3.05) is 19.0 Å². The number of rotatable bonds is 7. The molecule has 7 heteroatoms. The first-order chi connectivity index (χ1) is 11.0. The minimum atomic E-state index is -1.20. The van der Waals surface area contributed by atoms with Gasteiger partial charge in [-0.25, -0.2) is 4.99 Å². The highest BCUT2D eigenvalue weighted by atomic mass is 35.5. The molecule has 0 heterocycles. The molecule has 0 saturated carbocycles. The predicted molar refractivity (Wildman–Crippen MR) is 93.4 cm³/mol. The molecule has 1 rings (SSSR count). The van der Waals surface area contributed by atoms with Crippen molar-refractivity contribution < 1.29 is 19.1 Å². The van der Waals surface area contributed by atoms with Crippen LogP contribution < -0.4 is 0 Å². The van der Waals surface area contributed by atoms with Crippen LogP contribution in [0.25, 0.3) is 0 Å². The van der Waals surface area contributed by atoms with Gasteiger partial charge in [-0.05, 0) is 31.7 Å². The number of halogens is 1. The van der Waals surface area contributed by atoms with Gasteiger partial charge in [-0.3, -0.25) is 9.59 Å². The summed E-state index contributed by atoms with van der Waals surface area (Å²) in [7, 11) is 0. The molecule has 0 bridgehead atoms. The number of para-hydroxylation sites is 1. The van der Waals surface area contributed by atoms with E-state index in [1.165, 1.54) is 11.8 Å². The molecular weight excluding hydrogens is 338 g/mol. The molecule has 0 N–H and O–H groups in total. The van der Waals surface area contributed by atoms with Crippen LogP contribution in [-0.4, -0.2) is 35.9 Å². The van der Waals surface area contributed by atoms with E-state index < -0.39 is 17.9 Å². The predicted octanol–water partition coefficient (Wildman–Crippen LogP) is 3.87. The van der Waals surface area contributed by atoms with Crippen molar-refractivity contribution in [2.45, 2.75) is 20.8 Å². The molecule has 0 aliphatic heterocycles. The van der Waals surface area contributed by atoms with Gasteiger partial charge in [-0.1, -0.05) is 30.7 Å². The fourth-order valence-electron chi connectivity index (χ4n) is 1.74. The van der Waals surface area contributed by atoms with Crippen LogP contribution in [-0.2, 0) is 19.1 Å². The van der Waals surface area contributed by atoms with E-state index in [1.54, 1.807) is 38.1 Å². The first kappa shape index (κ1) is 19.5. The number of thioether (sulfide) groups is 1. The Balaban J connectivity index is 3.26. The van der Waals surface area contributed by atoms with Crippen molar-refractivity contribution in [1.82, 2.24) is 0 Å². The van der Waals surface area contributed by atoms with E-state index in [4.69, 9.17) is 21.1 Å². The molecule has 0 fully saturated rings. The van der Waals surface area contributed by atoms with E-state index >= 15 is 0 Å². The number of nitrogens with zero attached hydrogens (tertiary/aromatic N) is 1. The van der Waals surface area contributed by atoms with Crippen LogP contribution in [0.4, 0.5) is 5.69 Å². The summed E-state index contributed by atoms with van der Waals surface area (Å²) in [5.74, 6) is -1.90. The number of benzene rings is 1. The van der Waals surface area contributed by atoms with Crippen LogP contribution in [0.3, 0.4) is 0 Å². The molecule has 23 heavy (non-hydrogen) atoms. The van der Waals surface area contributed by atoms with Crippen LogP contribution in [0.1, 0.15) is 20.8 Å². The Morgan fingerprint density at radius 1 is 1.13 bits per heavy atom. The molecule has 1 aromatic rings. The van der Waals surface area contributed by atoms with Gasteiger partial charge in [0.25, 0.3) is 0 Å². The Bertz CT molecular complexity index is 559. The molecule has 5 nitrogen and oxygen atoms in total. The van der Waals surface area contributed by atoms with Gasteiger partial charge in [0, 0.05) is 0 Å². The van der Waals surface area contributed by atoms with E-state index in [1.807, 2.05) is 6.92 Å². The van der Waals surface area contributed by atoms with Gasteiger partial charge in [0.1, 0.15) is 0 Å². The van der Waals surface area contributed by atoms with Crippen molar-refractivity contribution in [2.24, 2.45) is 10.9 Å². The number of ether oxygens (including phenoxy) is 2. The molecule has 0 aliphatic rings. The Hall–Kier alpha value is -1.53. The third-order valence-electron chi connectivity index (χ3n) is 2.67. The normalized spacial score (nSPS) is 11.4. The van der Waals surface area contributed by atoms with Gasteiger partial charge in [0.15, 0.2) is 0 Å². The second-order valence-corrected chi connectivity index (χ2v) is 5.96. The van der Waals surface area contributed by atoms with Crippen molar-refractivity contribution in [3.63, 3.8) is 0 Å². The van der Waals surface area contributed by atoms with E-state index in [2.05, 4.69) is 4.99 Å². The maximum Gasteiger partial charge on any atom is 0.327 e. The van der Waals surface area contributed by atoms with Crippen molar-refractivity contribution in [3.8, 4) is 0 Å². The maximum absolute atomic E-state index is 12.2. The van der Waals surface area contributed by atoms with Crippen molar-refractivity contribution in [1.29, 1.82) is 0 Å². The lowest BCUT2D eigenvalue weighted by atomic mass is 10.1. The van der Waals surface area contributed by atoms with Gasteiger partial charge in [0.05, 0.1) is 29.0 Å². The van der Waals surface area contributed by atoms with Crippen molar-refractivity contribution in [3.05, 3.63) is 29.3 Å². The highest BCUT2D eigenvalue weighted by Crippen LogP contribution is 2.28. The van der Waals surface area contributed by atoms with Crippen molar-refractivity contribution >= 4 is 46.0 Å². The molecule has 0 spiro atoms. The Labute approximate surface area is 145 Å². The lowest BCUT2D eigenvalue weighted by molar-refractivity contribution is -0.157. The molecule has 0 radical (unpaired) electrons. The van der Waals surface area contributed by atoms with Crippen LogP contribution in [0.5, 0.6) is 0 Å². The lowest BCUT2D eigenvalue weighted by Gasteiger charge is -2.16. The third kappa shape index (κ3) is 5.88. The first-order valence-corrected chi connectivity index (χ1v) is 8.70. The van der Waals surface area contributed by atoms with Gasteiger partial charge < -0.3 is 9.47 Å². The third-order valence-corrected chi connectivity index (χ3v) is 3.90. The molecule has 0 atom stereocenters. The summed E-state index contributed by atoms with van der Waals surface area (Å²) in [6.45, 7) is 5.60. The lowest BCUT2D eigenvalue weighted by Crippen LogP contribution is -2.33. The molecule has 126 valence electrons. The first-order valence-electron chi connectivity index (χ1n) is 7.34. The summed E-state index contributed by atoms with van der Waals surface area (Å²) in [6.07, 6.45) is 0. The Morgan fingerprint density at radius 2 is 1.70 bits per heavy atom. The Kier molecular flexibility index (Phi) is 8.73. The average Bonchev–Trinajstić information content (AvgIpc) is 2.50. The number of hydrogen-bond donors (Lipinski definition) is 0. The number of esters is 2. The zero-order valence-electron chi connectivity index (χ0n) is 13.4. The molecule has 1 aromatic carbocycles. The minimum absolute atomic E-state index is 0.172. The number of carbonyl (C=O) groups is 2. The van der Waals surface area contributed by atoms with E-state index in [9.17, 15) is 9.59 Å². The molecule has 0 aliphatic carbocycles. The molecule has 0 aromatic heterocycles. The SMILES string of the molecule is CCOC(=O)C(C(=O)OCC)/C(=N/c1ccccc1Cl)SCC. The maximum atomic E-state index is 12.2. The van der Waals surface area contributed by atoms with Crippen LogP contribution in [0, 0.1) is 5.92 Å². The summed E-state index contributed by atoms with van der Waals surface area (Å²) in [5.41, 5.74) is 0.490. The summed E-state index contributed by atoms with van der Waals surface area (Å²) in [5, 5.41) is 0.755. The zero-order valence-corrected chi connectivity index (χ0v) is 14.9. The number of hydrogen-bond acceptors (Lipinski definition) is 6. The largest absolute Gasteiger partial charge is 0.465 e. The summed E-state index contributed by atoms with van der Waals surface area (Å²) in [4.78, 5) is 28.8. The monoisotopic (exact) mass is 357 g/mol. The molecular formula is C16H20ClNO4S. The molecule has 0 saturated heterocycles. The van der Waals surface area contributed by atoms with E-state index in [0.717, 1.165) is 0 Å². The minimum Gasteiger partial charge on any atom is -0.465 e. The molecule has 0 amide bonds. The smallest absolute Gasteiger partial charge is 0.327 e. The highest BCUT2D eigenvalue weighted by molar-refractivity contribution is 8.14. The van der Waals surface area contributed by atoms with Gasteiger partial charge in [0.2, 0.25) is 5.92 Å². The zero-order chi connectivity index (χ0) is 17.2. The second kappa shape index (κ2) is 10.3. The number of aliphatic imine (C=N–C) groups is 1. The van der Waals surface area contributed by atoms with Crippen LogP contribution >= 0.6 is 23.4 Å². The highest BCUT2D eigenvalue weighted by Gasteiger charge is 2.35. The van der Waals surface area contributed by atoms with E-state index in [-0.39, 0.29) is 13.2 Å². The van der Waals surface area contributed by atoms with Crippen LogP contribution in [0.2, 0.25) is 5.02 Å². The molecule has 0 unspecified atom stereocenters. The van der Waals surface area contributed by atoms with Gasteiger partial charge in [-0.15, -0.1) is 11.8 Å². The van der Waals surface area contributed by atoms with Crippen LogP contribution in [0.15, 0.2) is 29.3 Å². The second-order valence-electron chi connectivity index (χ2n) is 4.27. The number of carbonyl (C=O) groups excluding carboxylic acids is 2. The van der Waals surface area contributed by atoms with E-state index in [0.29, 0.717) is 21.5 Å². The quantitative estimate of drug-likeness (QED) is 0.321. The fraction of sp³-hybridized carbons (Fsp3) is 0.438. The topological polar surface area (TPSA) is 65.0 Å². The van der Waals surface area contributed by atoms with Gasteiger partial charge >= 0.3 is 11.9 Å².